The monoisotopic (exact) mass is 938 g/mol. The lowest BCUT2D eigenvalue weighted by molar-refractivity contribution is 0.668. The third kappa shape index (κ3) is 6.19. The smallest absolute Gasteiger partial charge is 0.136 e. The third-order valence-electron chi connectivity index (χ3n) is 15.8. The number of benzene rings is 14. The Kier molecular flexibility index (Phi) is 8.78. The van der Waals surface area contributed by atoms with Crippen molar-refractivity contribution in [2.24, 2.45) is 0 Å². The summed E-state index contributed by atoms with van der Waals surface area (Å²) in [4.78, 5) is 0. The first-order chi connectivity index (χ1) is 36.7. The molecule has 0 amide bonds. The Labute approximate surface area is 425 Å². The van der Waals surface area contributed by atoms with Crippen LogP contribution in [-0.2, 0) is 0 Å². The Balaban J connectivity index is 0.837. The van der Waals surface area contributed by atoms with Gasteiger partial charge in [0.05, 0.1) is 0 Å². The van der Waals surface area contributed by atoms with Gasteiger partial charge in [-0.3, -0.25) is 0 Å². The van der Waals surface area contributed by atoms with E-state index in [1.54, 1.807) is 0 Å². The van der Waals surface area contributed by atoms with Crippen molar-refractivity contribution in [3.63, 3.8) is 0 Å². The summed E-state index contributed by atoms with van der Waals surface area (Å²) in [6, 6.07) is 93.1. The summed E-state index contributed by atoms with van der Waals surface area (Å²) in [6.07, 6.45) is 0. The lowest BCUT2D eigenvalue weighted by atomic mass is 9.89. The van der Waals surface area contributed by atoms with Crippen molar-refractivity contribution in [3.8, 4) is 55.6 Å². The zero-order valence-corrected chi connectivity index (χ0v) is 40.1. The van der Waals surface area contributed by atoms with Gasteiger partial charge in [0.1, 0.15) is 22.3 Å². The van der Waals surface area contributed by atoms with E-state index in [0.29, 0.717) is 0 Å². The zero-order valence-electron chi connectivity index (χ0n) is 40.1. The van der Waals surface area contributed by atoms with Crippen LogP contribution in [0.5, 0.6) is 0 Å². The minimum Gasteiger partial charge on any atom is -0.456 e. The summed E-state index contributed by atoms with van der Waals surface area (Å²) in [5.41, 5.74) is 15.0. The summed E-state index contributed by atoms with van der Waals surface area (Å²) < 4.78 is 13.2. The van der Waals surface area contributed by atoms with E-state index in [9.17, 15) is 0 Å². The van der Waals surface area contributed by atoms with E-state index in [0.717, 1.165) is 88.4 Å². The second kappa shape index (κ2) is 15.9. The highest BCUT2D eigenvalue weighted by molar-refractivity contribution is 6.29. The van der Waals surface area contributed by atoms with Crippen molar-refractivity contribution < 1.29 is 8.83 Å². The second-order valence-corrected chi connectivity index (χ2v) is 19.9. The van der Waals surface area contributed by atoms with Crippen molar-refractivity contribution >= 4 is 109 Å². The lowest BCUT2D eigenvalue weighted by Gasteiger charge is -2.15. The van der Waals surface area contributed by atoms with Gasteiger partial charge in [-0.05, 0) is 187 Å². The van der Waals surface area contributed by atoms with Gasteiger partial charge in [-0.15, -0.1) is 0 Å². The quantitative estimate of drug-likeness (QED) is 0.161. The van der Waals surface area contributed by atoms with Gasteiger partial charge in [-0.1, -0.05) is 188 Å². The maximum atomic E-state index is 6.76. The van der Waals surface area contributed by atoms with Crippen LogP contribution < -0.4 is 0 Å². The maximum absolute atomic E-state index is 6.76. The molecule has 2 heterocycles. The number of fused-ring (bicyclic) bond motifs is 18. The highest BCUT2D eigenvalue weighted by atomic mass is 16.3. The van der Waals surface area contributed by atoms with Gasteiger partial charge in [-0.2, -0.15) is 0 Å². The molecule has 0 spiro atoms. The van der Waals surface area contributed by atoms with E-state index in [1.807, 2.05) is 6.07 Å². The molecular weight excluding hydrogens is 897 g/mol. The van der Waals surface area contributed by atoms with Crippen LogP contribution in [0.15, 0.2) is 264 Å². The summed E-state index contributed by atoms with van der Waals surface area (Å²) in [6.45, 7) is 0. The van der Waals surface area contributed by atoms with E-state index < -0.39 is 0 Å². The van der Waals surface area contributed by atoms with Crippen molar-refractivity contribution in [2.45, 2.75) is 0 Å². The zero-order chi connectivity index (χ0) is 48.4. The molecule has 0 saturated heterocycles. The summed E-state index contributed by atoms with van der Waals surface area (Å²) in [5.74, 6) is 0. The van der Waals surface area contributed by atoms with E-state index in [4.69, 9.17) is 8.83 Å². The van der Waals surface area contributed by atoms with Crippen molar-refractivity contribution in [1.29, 1.82) is 0 Å². The molecule has 0 bridgehead atoms. The van der Waals surface area contributed by atoms with Gasteiger partial charge >= 0.3 is 0 Å². The molecule has 0 N–H and O–H groups in total. The van der Waals surface area contributed by atoms with Crippen LogP contribution in [-0.4, -0.2) is 0 Å². The summed E-state index contributed by atoms with van der Waals surface area (Å²) in [7, 11) is 0. The molecule has 0 aliphatic rings. The first-order valence-electron chi connectivity index (χ1n) is 25.5. The Morgan fingerprint density at radius 1 is 0.162 bits per heavy atom. The summed E-state index contributed by atoms with van der Waals surface area (Å²) >= 11 is 0. The number of rotatable bonds is 5. The van der Waals surface area contributed by atoms with E-state index in [1.165, 1.54) is 75.8 Å². The largest absolute Gasteiger partial charge is 0.456 e. The van der Waals surface area contributed by atoms with E-state index in [2.05, 4.69) is 249 Å². The molecule has 14 aromatic carbocycles. The molecule has 2 aromatic heterocycles. The maximum Gasteiger partial charge on any atom is 0.136 e. The van der Waals surface area contributed by atoms with Gasteiger partial charge in [0.15, 0.2) is 0 Å². The molecule has 16 aromatic rings. The van der Waals surface area contributed by atoms with Crippen LogP contribution in [0.3, 0.4) is 0 Å². The highest BCUT2D eigenvalue weighted by Gasteiger charge is 2.19. The number of hydrogen-bond acceptors (Lipinski definition) is 2. The topological polar surface area (TPSA) is 26.3 Å². The van der Waals surface area contributed by atoms with Gasteiger partial charge in [-0.25, -0.2) is 0 Å². The highest BCUT2D eigenvalue weighted by Crippen LogP contribution is 2.45. The molecule has 0 unspecified atom stereocenters. The van der Waals surface area contributed by atoms with Crippen LogP contribution in [0.4, 0.5) is 0 Å². The predicted octanol–water partition coefficient (Wildman–Crippen LogP) is 20.7. The molecule has 16 rings (SSSR count). The molecule has 2 heteroatoms. The minimum absolute atomic E-state index is 0.859. The molecule has 0 atom stereocenters. The van der Waals surface area contributed by atoms with Gasteiger partial charge < -0.3 is 8.83 Å². The molecule has 0 radical (unpaired) electrons. The standard InChI is InChI=1S/C72H42O2/c1-2-18-55-53(16-1)54-17-4-6-22-59(54)65-40-45(30-33-60(55)65)48-37-49(39-50(38-48)52-26-13-29-69-72(52)64-24-9-10-28-67(64)73-69)46-31-34-61-66-41-44(32-35-68(66)74-70(61)42-46)43-14-11-15-47(36-43)51-25-12-27-63-58-20-5-3-19-56(58)57-21-7-8-23-62(57)71(51)63/h1-42H. The van der Waals surface area contributed by atoms with Gasteiger partial charge in [0.25, 0.3) is 0 Å². The minimum atomic E-state index is 0.859. The number of hydrogen-bond donors (Lipinski definition) is 0. The number of para-hydroxylation sites is 1. The average Bonchev–Trinajstić information content (AvgIpc) is 4.05. The molecule has 0 fully saturated rings. The molecule has 2 nitrogen and oxygen atoms in total. The fraction of sp³-hybridized carbons (Fsp3) is 0. The van der Waals surface area contributed by atoms with Crippen molar-refractivity contribution in [3.05, 3.63) is 255 Å². The molecule has 0 aliphatic heterocycles. The van der Waals surface area contributed by atoms with Crippen LogP contribution in [0.1, 0.15) is 0 Å². The Bertz CT molecular complexity index is 4950. The number of furan rings is 2. The Morgan fingerprint density at radius 3 is 1.24 bits per heavy atom. The predicted molar refractivity (Wildman–Crippen MR) is 313 cm³/mol. The Morgan fingerprint density at radius 2 is 0.554 bits per heavy atom. The normalized spacial score (nSPS) is 12.1. The molecule has 0 saturated carbocycles. The van der Waals surface area contributed by atoms with Crippen LogP contribution in [0.25, 0.3) is 164 Å². The first-order valence-corrected chi connectivity index (χ1v) is 25.5. The molecule has 342 valence electrons. The van der Waals surface area contributed by atoms with Crippen LogP contribution in [0.2, 0.25) is 0 Å². The summed E-state index contributed by atoms with van der Waals surface area (Å²) in [5, 5.41) is 19.7. The fourth-order valence-corrected chi connectivity index (χ4v) is 12.4. The third-order valence-corrected chi connectivity index (χ3v) is 15.8. The first kappa shape index (κ1) is 40.9. The molecule has 74 heavy (non-hydrogen) atoms. The Hall–Kier alpha value is -9.76. The van der Waals surface area contributed by atoms with Crippen LogP contribution >= 0.6 is 0 Å². The van der Waals surface area contributed by atoms with Crippen molar-refractivity contribution in [1.82, 2.24) is 0 Å². The second-order valence-electron chi connectivity index (χ2n) is 19.9. The fourth-order valence-electron chi connectivity index (χ4n) is 12.4. The molecule has 0 aliphatic carbocycles. The SMILES string of the molecule is c1cc(-c2ccc3oc4cc(-c5cc(-c6ccc7c8ccccc8c8ccccc8c7c6)cc(-c6cccc7oc8ccccc8c67)c5)ccc4c3c2)cc(-c2cccc3c4ccccc4c4ccccc4c23)c1. The lowest BCUT2D eigenvalue weighted by Crippen LogP contribution is -1.88. The molecular formula is C72H42O2. The van der Waals surface area contributed by atoms with Crippen molar-refractivity contribution in [2.75, 3.05) is 0 Å². The van der Waals surface area contributed by atoms with Crippen LogP contribution in [0, 0.1) is 0 Å². The van der Waals surface area contributed by atoms with Gasteiger partial charge in [0, 0.05) is 21.5 Å². The average molecular weight is 939 g/mol. The van der Waals surface area contributed by atoms with E-state index in [-0.39, 0.29) is 0 Å². The van der Waals surface area contributed by atoms with Gasteiger partial charge in [0.2, 0.25) is 0 Å². The van der Waals surface area contributed by atoms with E-state index >= 15 is 0 Å².